The lowest BCUT2D eigenvalue weighted by Gasteiger charge is -2.45. The van der Waals surface area contributed by atoms with Crippen LogP contribution in [-0.2, 0) is 9.47 Å². The molecule has 48 heavy (non-hydrogen) atoms. The van der Waals surface area contributed by atoms with E-state index < -0.39 is 5.60 Å². The molecule has 0 saturated carbocycles. The molecule has 3 fully saturated rings. The van der Waals surface area contributed by atoms with Crippen molar-refractivity contribution in [3.05, 3.63) is 144 Å². The lowest BCUT2D eigenvalue weighted by atomic mass is 9.93. The Morgan fingerprint density at radius 3 is 1.31 bits per heavy atom. The molecule has 0 unspecified atom stereocenters. The second-order valence-electron chi connectivity index (χ2n) is 13.8. The van der Waals surface area contributed by atoms with Gasteiger partial charge in [0.2, 0.25) is 0 Å². The van der Waals surface area contributed by atoms with Gasteiger partial charge in [-0.05, 0) is 55.9 Å². The number of nitrogens with zero attached hydrogens (tertiary/aromatic N) is 2. The van der Waals surface area contributed by atoms with Crippen molar-refractivity contribution in [1.82, 2.24) is 15.1 Å². The summed E-state index contributed by atoms with van der Waals surface area (Å²) >= 11 is 0. The normalized spacial score (nSPS) is 17.0. The zero-order valence-electron chi connectivity index (χ0n) is 28.7. The van der Waals surface area contributed by atoms with E-state index in [9.17, 15) is 4.79 Å². The molecule has 1 amide bonds. The Labute approximate surface area is 287 Å². The first kappa shape index (κ1) is 35.3. The van der Waals surface area contributed by atoms with Crippen LogP contribution in [0.1, 0.15) is 68.0 Å². The highest BCUT2D eigenvalue weighted by atomic mass is 16.6. The van der Waals surface area contributed by atoms with Crippen molar-refractivity contribution in [1.29, 1.82) is 0 Å². The van der Waals surface area contributed by atoms with Gasteiger partial charge in [0, 0.05) is 45.4 Å². The van der Waals surface area contributed by atoms with Crippen LogP contribution in [0, 0.1) is 0 Å². The Kier molecular flexibility index (Phi) is 12.8. The van der Waals surface area contributed by atoms with E-state index in [-0.39, 0.29) is 18.2 Å². The highest BCUT2D eigenvalue weighted by Crippen LogP contribution is 2.33. The van der Waals surface area contributed by atoms with Gasteiger partial charge in [-0.2, -0.15) is 0 Å². The maximum absolute atomic E-state index is 11.9. The summed E-state index contributed by atoms with van der Waals surface area (Å²) in [5.74, 6) is 0. The second-order valence-corrected chi connectivity index (χ2v) is 13.8. The Morgan fingerprint density at radius 1 is 0.667 bits per heavy atom. The third kappa shape index (κ3) is 10.5. The molecule has 0 radical (unpaired) electrons. The summed E-state index contributed by atoms with van der Waals surface area (Å²) in [6.45, 7) is 11.2. The SMILES string of the molecule is C1CCOC1.CC(C)(C)OC(=O)NC1CN(C(c2ccccc2)c2ccccc2)C1.NC1CN(C(c2ccccc2)c2ccccc2)C1. The van der Waals surface area contributed by atoms with Crippen molar-refractivity contribution < 1.29 is 14.3 Å². The van der Waals surface area contributed by atoms with E-state index in [0.717, 1.165) is 39.4 Å². The van der Waals surface area contributed by atoms with Gasteiger partial charge in [-0.3, -0.25) is 9.80 Å². The van der Waals surface area contributed by atoms with Gasteiger partial charge in [-0.1, -0.05) is 121 Å². The summed E-state index contributed by atoms with van der Waals surface area (Å²) in [6, 6.07) is 43.3. The topological polar surface area (TPSA) is 80.1 Å². The number of nitrogens with one attached hydrogen (secondary N) is 1. The first-order chi connectivity index (χ1) is 23.3. The van der Waals surface area contributed by atoms with Gasteiger partial charge in [-0.15, -0.1) is 0 Å². The molecule has 3 heterocycles. The minimum absolute atomic E-state index is 0.129. The molecule has 7 heteroatoms. The lowest BCUT2D eigenvalue weighted by Crippen LogP contribution is -2.60. The minimum atomic E-state index is -0.468. The Balaban J connectivity index is 0.000000170. The van der Waals surface area contributed by atoms with Gasteiger partial charge in [0.25, 0.3) is 0 Å². The van der Waals surface area contributed by atoms with Gasteiger partial charge >= 0.3 is 6.09 Å². The van der Waals surface area contributed by atoms with Gasteiger partial charge < -0.3 is 20.5 Å². The van der Waals surface area contributed by atoms with Crippen molar-refractivity contribution in [2.24, 2.45) is 5.73 Å². The fourth-order valence-corrected chi connectivity index (χ4v) is 6.33. The molecule has 0 aliphatic carbocycles. The molecule has 0 bridgehead atoms. The van der Waals surface area contributed by atoms with E-state index >= 15 is 0 Å². The van der Waals surface area contributed by atoms with E-state index in [1.165, 1.54) is 35.1 Å². The summed E-state index contributed by atoms with van der Waals surface area (Å²) in [7, 11) is 0. The summed E-state index contributed by atoms with van der Waals surface area (Å²) in [4.78, 5) is 16.7. The number of ether oxygens (including phenoxy) is 2. The highest BCUT2D eigenvalue weighted by molar-refractivity contribution is 5.68. The number of carbonyl (C=O) groups excluding carboxylic acids is 1. The Hall–Kier alpha value is -4.01. The van der Waals surface area contributed by atoms with Crippen molar-refractivity contribution in [2.45, 2.75) is 63.4 Å². The number of nitrogens with two attached hydrogens (primary N) is 1. The largest absolute Gasteiger partial charge is 0.444 e. The molecule has 0 aromatic heterocycles. The van der Waals surface area contributed by atoms with Crippen molar-refractivity contribution in [3.8, 4) is 0 Å². The number of amides is 1. The third-order valence-corrected chi connectivity index (χ3v) is 8.59. The van der Waals surface area contributed by atoms with Crippen LogP contribution >= 0.6 is 0 Å². The average Bonchev–Trinajstić information content (AvgIpc) is 3.65. The molecule has 3 aliphatic heterocycles. The number of alkyl carbamates (subject to hydrolysis) is 1. The summed E-state index contributed by atoms with van der Waals surface area (Å²) in [5, 5.41) is 2.96. The van der Waals surface area contributed by atoms with Crippen LogP contribution in [0.15, 0.2) is 121 Å². The molecule has 7 nitrogen and oxygen atoms in total. The fourth-order valence-electron chi connectivity index (χ4n) is 6.33. The van der Waals surface area contributed by atoms with E-state index in [2.05, 4.69) is 124 Å². The van der Waals surface area contributed by atoms with Crippen molar-refractivity contribution in [3.63, 3.8) is 0 Å². The van der Waals surface area contributed by atoms with E-state index in [1.807, 2.05) is 32.9 Å². The predicted octanol–water partition coefficient (Wildman–Crippen LogP) is 7.20. The zero-order chi connectivity index (χ0) is 33.8. The van der Waals surface area contributed by atoms with Crippen LogP contribution in [-0.4, -0.2) is 73.0 Å². The molecule has 4 aromatic carbocycles. The Morgan fingerprint density at radius 2 is 1.02 bits per heavy atom. The first-order valence-electron chi connectivity index (χ1n) is 17.3. The molecule has 0 atom stereocenters. The molecule has 0 spiro atoms. The average molecular weight is 649 g/mol. The molecule has 7 rings (SSSR count). The molecule has 3 saturated heterocycles. The van der Waals surface area contributed by atoms with Crippen molar-refractivity contribution in [2.75, 3.05) is 39.4 Å². The number of hydrogen-bond donors (Lipinski definition) is 2. The lowest BCUT2D eigenvalue weighted by molar-refractivity contribution is 0.0356. The fraction of sp³-hybridized carbons (Fsp3) is 0.390. The molecule has 3 N–H and O–H groups in total. The van der Waals surface area contributed by atoms with E-state index in [1.54, 1.807) is 0 Å². The standard InChI is InChI=1S/C21H26N2O2.C16H18N2.C4H8O/c1-21(2,3)25-20(24)22-18-14-23(15-18)19(16-10-6-4-7-11-16)17-12-8-5-9-13-17;17-15-11-18(12-15)16(13-7-3-1-4-8-13)14-9-5-2-6-10-14;1-2-4-5-3-1/h4-13,18-19H,14-15H2,1-3H3,(H,22,24);1-10,15-16H,11-12,17H2;1-4H2. The number of rotatable bonds is 7. The zero-order valence-corrected chi connectivity index (χ0v) is 28.7. The van der Waals surface area contributed by atoms with Crippen LogP contribution < -0.4 is 11.1 Å². The summed E-state index contributed by atoms with van der Waals surface area (Å²) in [5.41, 5.74) is 10.7. The predicted molar refractivity (Wildman–Crippen MR) is 194 cm³/mol. The molecule has 4 aromatic rings. The van der Waals surface area contributed by atoms with Gasteiger partial charge in [0.1, 0.15) is 5.60 Å². The van der Waals surface area contributed by atoms with Crippen LogP contribution in [0.2, 0.25) is 0 Å². The van der Waals surface area contributed by atoms with Gasteiger partial charge in [0.05, 0.1) is 18.1 Å². The number of benzene rings is 4. The van der Waals surface area contributed by atoms with Crippen LogP contribution in [0.25, 0.3) is 0 Å². The molecular weight excluding hydrogens is 596 g/mol. The highest BCUT2D eigenvalue weighted by Gasteiger charge is 2.35. The molecule has 3 aliphatic rings. The van der Waals surface area contributed by atoms with E-state index in [4.69, 9.17) is 15.2 Å². The maximum atomic E-state index is 11.9. The molecular formula is C41H52N4O3. The summed E-state index contributed by atoms with van der Waals surface area (Å²) in [6.07, 6.45) is 2.22. The van der Waals surface area contributed by atoms with E-state index in [0.29, 0.717) is 12.1 Å². The monoisotopic (exact) mass is 648 g/mol. The number of likely N-dealkylation sites (tertiary alicyclic amines) is 2. The van der Waals surface area contributed by atoms with Crippen LogP contribution in [0.4, 0.5) is 4.79 Å². The number of hydrogen-bond acceptors (Lipinski definition) is 6. The van der Waals surface area contributed by atoms with Gasteiger partial charge in [0.15, 0.2) is 0 Å². The van der Waals surface area contributed by atoms with Crippen LogP contribution in [0.3, 0.4) is 0 Å². The summed E-state index contributed by atoms with van der Waals surface area (Å²) < 4.78 is 10.3. The van der Waals surface area contributed by atoms with Gasteiger partial charge in [-0.25, -0.2) is 4.79 Å². The minimum Gasteiger partial charge on any atom is -0.444 e. The first-order valence-corrected chi connectivity index (χ1v) is 17.3. The number of carbonyl (C=O) groups is 1. The Bertz CT molecular complexity index is 1400. The maximum Gasteiger partial charge on any atom is 0.407 e. The quantitative estimate of drug-likeness (QED) is 0.221. The van der Waals surface area contributed by atoms with Crippen LogP contribution in [0.5, 0.6) is 0 Å². The molecule has 254 valence electrons. The van der Waals surface area contributed by atoms with Crippen molar-refractivity contribution >= 4 is 6.09 Å². The third-order valence-electron chi connectivity index (χ3n) is 8.59. The second kappa shape index (κ2) is 17.4. The smallest absolute Gasteiger partial charge is 0.407 e.